The average molecular weight is 357 g/mol. The molecule has 0 bridgehead atoms. The van der Waals surface area contributed by atoms with Crippen LogP contribution in [-0.4, -0.2) is 35.2 Å². The van der Waals surface area contributed by atoms with Gasteiger partial charge in [-0.15, -0.1) is 0 Å². The molecule has 0 unspecified atom stereocenters. The first-order chi connectivity index (χ1) is 12.6. The molecule has 1 atom stereocenters. The van der Waals surface area contributed by atoms with Gasteiger partial charge in [-0.3, -0.25) is 4.79 Å². The Morgan fingerprint density at radius 3 is 2.77 bits per heavy atom. The summed E-state index contributed by atoms with van der Waals surface area (Å²) in [6.07, 6.45) is 2.03. The minimum Gasteiger partial charge on any atom is -0.466 e. The number of rotatable bonds is 5. The van der Waals surface area contributed by atoms with E-state index in [0.29, 0.717) is 18.8 Å². The van der Waals surface area contributed by atoms with Crippen molar-refractivity contribution in [2.45, 2.75) is 39.2 Å². The van der Waals surface area contributed by atoms with Crippen LogP contribution in [0, 0.1) is 6.92 Å². The number of carbonyl (C=O) groups excluding carboxylic acids is 2. The molecule has 0 radical (unpaired) electrons. The number of nitrogens with zero attached hydrogens (tertiary/aromatic N) is 2. The van der Waals surface area contributed by atoms with Crippen LogP contribution in [0.3, 0.4) is 0 Å². The maximum atomic E-state index is 12.6. The summed E-state index contributed by atoms with van der Waals surface area (Å²) in [6.45, 7) is 4.68. The molecular weight excluding hydrogens is 334 g/mol. The van der Waals surface area contributed by atoms with E-state index in [9.17, 15) is 9.59 Å². The number of hydrogen-bond acceptors (Lipinski definition) is 5. The van der Waals surface area contributed by atoms with Crippen molar-refractivity contribution in [3.05, 3.63) is 47.3 Å². The number of esters is 1. The van der Waals surface area contributed by atoms with Crippen LogP contribution in [0.4, 0.5) is 10.5 Å². The lowest BCUT2D eigenvalue weighted by Crippen LogP contribution is -2.34. The molecule has 0 aliphatic carbocycles. The highest BCUT2D eigenvalue weighted by atomic mass is 16.5. The van der Waals surface area contributed by atoms with Gasteiger partial charge < -0.3 is 19.5 Å². The van der Waals surface area contributed by atoms with Crippen molar-refractivity contribution >= 4 is 17.7 Å². The monoisotopic (exact) mass is 357 g/mol. The molecule has 1 aliphatic heterocycles. The van der Waals surface area contributed by atoms with Gasteiger partial charge in [-0.2, -0.15) is 0 Å². The number of carbonyl (C=O) groups is 2. The van der Waals surface area contributed by atoms with Crippen molar-refractivity contribution in [1.82, 2.24) is 10.1 Å². The van der Waals surface area contributed by atoms with E-state index in [4.69, 9.17) is 9.26 Å². The molecule has 26 heavy (non-hydrogen) atoms. The largest absolute Gasteiger partial charge is 0.466 e. The summed E-state index contributed by atoms with van der Waals surface area (Å²) in [6, 6.07) is 8.86. The topological polar surface area (TPSA) is 84.7 Å². The second-order valence-electron chi connectivity index (χ2n) is 6.32. The maximum Gasteiger partial charge on any atom is 0.322 e. The Bertz CT molecular complexity index is 769. The van der Waals surface area contributed by atoms with Crippen molar-refractivity contribution < 1.29 is 18.8 Å². The first-order valence-electron chi connectivity index (χ1n) is 8.82. The lowest BCUT2D eigenvalue weighted by Gasteiger charge is -2.23. The molecule has 1 N–H and O–H groups in total. The first kappa shape index (κ1) is 18.0. The molecule has 1 aromatic heterocycles. The summed E-state index contributed by atoms with van der Waals surface area (Å²) >= 11 is 0. The molecule has 2 aromatic rings. The third-order valence-corrected chi connectivity index (χ3v) is 4.36. The third kappa shape index (κ3) is 4.22. The molecule has 7 nitrogen and oxygen atoms in total. The van der Waals surface area contributed by atoms with Crippen molar-refractivity contribution in [2.24, 2.45) is 0 Å². The quantitative estimate of drug-likeness (QED) is 0.829. The molecule has 0 saturated carbocycles. The highest BCUT2D eigenvalue weighted by Gasteiger charge is 2.32. The van der Waals surface area contributed by atoms with Crippen LogP contribution in [0.1, 0.15) is 42.8 Å². The Kier molecular flexibility index (Phi) is 5.55. The standard InChI is InChI=1S/C19H23N3O4/c1-3-25-18(23)12-14-6-8-15(9-7-14)20-19(24)22-10-4-5-17(22)16-11-13(2)26-21-16/h6-9,11,17H,3-5,10,12H2,1-2H3,(H,20,24)/t17-/m0/s1. The highest BCUT2D eigenvalue weighted by Crippen LogP contribution is 2.32. The number of aryl methyl sites for hydroxylation is 1. The smallest absolute Gasteiger partial charge is 0.322 e. The van der Waals surface area contributed by atoms with Crippen molar-refractivity contribution in [2.75, 3.05) is 18.5 Å². The van der Waals surface area contributed by atoms with E-state index in [2.05, 4.69) is 10.5 Å². The highest BCUT2D eigenvalue weighted by molar-refractivity contribution is 5.89. The third-order valence-electron chi connectivity index (χ3n) is 4.36. The van der Waals surface area contributed by atoms with Crippen LogP contribution in [0.15, 0.2) is 34.9 Å². The zero-order chi connectivity index (χ0) is 18.5. The summed E-state index contributed by atoms with van der Waals surface area (Å²) < 4.78 is 10.1. The van der Waals surface area contributed by atoms with Gasteiger partial charge in [0, 0.05) is 18.3 Å². The summed E-state index contributed by atoms with van der Waals surface area (Å²) in [5, 5.41) is 6.96. The van der Waals surface area contributed by atoms with Crippen molar-refractivity contribution in [3.8, 4) is 0 Å². The lowest BCUT2D eigenvalue weighted by molar-refractivity contribution is -0.142. The maximum absolute atomic E-state index is 12.6. The zero-order valence-electron chi connectivity index (χ0n) is 15.0. The summed E-state index contributed by atoms with van der Waals surface area (Å²) in [4.78, 5) is 25.9. The number of urea groups is 1. The Morgan fingerprint density at radius 1 is 1.35 bits per heavy atom. The molecule has 1 saturated heterocycles. The minimum absolute atomic E-state index is 0.0597. The Balaban J connectivity index is 1.61. The molecule has 3 rings (SSSR count). The van der Waals surface area contributed by atoms with Gasteiger partial charge >= 0.3 is 12.0 Å². The van der Waals surface area contributed by atoms with E-state index in [1.165, 1.54) is 0 Å². The molecule has 1 fully saturated rings. The van der Waals surface area contributed by atoms with Crippen molar-refractivity contribution in [1.29, 1.82) is 0 Å². The van der Waals surface area contributed by atoms with Crippen LogP contribution in [-0.2, 0) is 16.0 Å². The number of anilines is 1. The fourth-order valence-corrected chi connectivity index (χ4v) is 3.14. The van der Waals surface area contributed by atoms with Gasteiger partial charge in [-0.25, -0.2) is 4.79 Å². The van der Waals surface area contributed by atoms with Crippen LogP contribution in [0.25, 0.3) is 0 Å². The number of amides is 2. The molecule has 138 valence electrons. The van der Waals surface area contributed by atoms with E-state index in [1.54, 1.807) is 24.0 Å². The van der Waals surface area contributed by atoms with Gasteiger partial charge in [0.2, 0.25) is 0 Å². The molecule has 2 heterocycles. The predicted octanol–water partition coefficient (Wildman–Crippen LogP) is 3.46. The van der Waals surface area contributed by atoms with E-state index in [-0.39, 0.29) is 24.5 Å². The molecular formula is C19H23N3O4. The first-order valence-corrected chi connectivity index (χ1v) is 8.82. The van der Waals surface area contributed by atoms with E-state index in [0.717, 1.165) is 29.9 Å². The number of nitrogens with one attached hydrogen (secondary N) is 1. The minimum atomic E-state index is -0.257. The number of ether oxygens (including phenoxy) is 1. The van der Waals surface area contributed by atoms with Gasteiger partial charge in [0.25, 0.3) is 0 Å². The summed E-state index contributed by atoms with van der Waals surface area (Å²) in [5.41, 5.74) is 2.32. The fraction of sp³-hybridized carbons (Fsp3) is 0.421. The predicted molar refractivity (Wildman–Crippen MR) is 95.7 cm³/mol. The Hall–Kier alpha value is -2.83. The van der Waals surface area contributed by atoms with E-state index < -0.39 is 0 Å². The van der Waals surface area contributed by atoms with Gasteiger partial charge in [-0.05, 0) is 44.4 Å². The normalized spacial score (nSPS) is 16.5. The van der Waals surface area contributed by atoms with Gasteiger partial charge in [-0.1, -0.05) is 17.3 Å². The fourth-order valence-electron chi connectivity index (χ4n) is 3.14. The Labute approximate surface area is 152 Å². The Morgan fingerprint density at radius 2 is 2.12 bits per heavy atom. The molecule has 1 aromatic carbocycles. The number of hydrogen-bond donors (Lipinski definition) is 1. The van der Waals surface area contributed by atoms with Crippen LogP contribution in [0.2, 0.25) is 0 Å². The summed E-state index contributed by atoms with van der Waals surface area (Å²) in [7, 11) is 0. The van der Waals surface area contributed by atoms with Gasteiger partial charge in [0.1, 0.15) is 11.5 Å². The second-order valence-corrected chi connectivity index (χ2v) is 6.32. The zero-order valence-corrected chi connectivity index (χ0v) is 15.0. The molecule has 7 heteroatoms. The van der Waals surface area contributed by atoms with Crippen LogP contribution in [0.5, 0.6) is 0 Å². The van der Waals surface area contributed by atoms with Gasteiger partial charge in [0.15, 0.2) is 0 Å². The summed E-state index contributed by atoms with van der Waals surface area (Å²) in [5.74, 6) is 0.483. The number of benzene rings is 1. The van der Waals surface area contributed by atoms with E-state index >= 15 is 0 Å². The number of likely N-dealkylation sites (tertiary alicyclic amines) is 1. The van der Waals surface area contributed by atoms with Gasteiger partial charge in [0.05, 0.1) is 19.1 Å². The molecule has 0 spiro atoms. The van der Waals surface area contributed by atoms with Crippen LogP contribution >= 0.6 is 0 Å². The second kappa shape index (κ2) is 8.03. The average Bonchev–Trinajstić information content (AvgIpc) is 3.25. The lowest BCUT2D eigenvalue weighted by atomic mass is 10.1. The van der Waals surface area contributed by atoms with E-state index in [1.807, 2.05) is 25.1 Å². The molecule has 2 amide bonds. The van der Waals surface area contributed by atoms with Crippen molar-refractivity contribution in [3.63, 3.8) is 0 Å². The SMILES string of the molecule is CCOC(=O)Cc1ccc(NC(=O)N2CCC[C@H]2c2cc(C)on2)cc1. The number of aromatic nitrogens is 1. The molecule has 1 aliphatic rings. The van der Waals surface area contributed by atoms with Crippen LogP contribution < -0.4 is 5.32 Å².